The van der Waals surface area contributed by atoms with Gasteiger partial charge in [-0.1, -0.05) is 42.5 Å². The molecule has 2 unspecified atom stereocenters. The highest BCUT2D eigenvalue weighted by Crippen LogP contribution is 2.18. The van der Waals surface area contributed by atoms with E-state index in [0.717, 1.165) is 32.0 Å². The Morgan fingerprint density at radius 3 is 2.92 bits per heavy atom. The summed E-state index contributed by atoms with van der Waals surface area (Å²) in [6, 6.07) is 15.2. The lowest BCUT2D eigenvalue weighted by molar-refractivity contribution is 0.0347. The summed E-state index contributed by atoms with van der Waals surface area (Å²) in [5.74, 6) is 0.809. The Kier molecular flexibility index (Phi) is 6.86. The fourth-order valence-electron chi connectivity index (χ4n) is 3.22. The molecule has 0 amide bonds. The van der Waals surface area contributed by atoms with Crippen LogP contribution in [0.25, 0.3) is 10.8 Å². The molecule has 26 heavy (non-hydrogen) atoms. The zero-order valence-electron chi connectivity index (χ0n) is 15.7. The Bertz CT molecular complexity index is 721. The molecule has 0 aliphatic carbocycles. The number of nitrogens with zero attached hydrogens (tertiary/aromatic N) is 1. The highest BCUT2D eigenvalue weighted by Gasteiger charge is 2.17. The summed E-state index contributed by atoms with van der Waals surface area (Å²) in [5, 5.41) is 9.39. The van der Waals surface area contributed by atoms with E-state index in [4.69, 9.17) is 9.47 Å². The smallest absolute Gasteiger partial charge is 0.191 e. The van der Waals surface area contributed by atoms with Gasteiger partial charge in [0.05, 0.1) is 19.3 Å². The quantitative estimate of drug-likeness (QED) is 0.592. The van der Waals surface area contributed by atoms with Gasteiger partial charge in [-0.15, -0.1) is 0 Å². The molecule has 0 spiro atoms. The van der Waals surface area contributed by atoms with Crippen molar-refractivity contribution in [1.82, 2.24) is 10.6 Å². The SMILES string of the molecule is CN=C(NCCc1cccc2ccccc12)NC(C)COC1CCOC1. The highest BCUT2D eigenvalue weighted by atomic mass is 16.5. The molecule has 0 radical (unpaired) electrons. The molecule has 140 valence electrons. The lowest BCUT2D eigenvalue weighted by Gasteiger charge is -2.19. The maximum Gasteiger partial charge on any atom is 0.191 e. The molecule has 1 aliphatic rings. The number of ether oxygens (including phenoxy) is 2. The summed E-state index contributed by atoms with van der Waals surface area (Å²) < 4.78 is 11.2. The number of hydrogen-bond donors (Lipinski definition) is 2. The van der Waals surface area contributed by atoms with Crippen LogP contribution >= 0.6 is 0 Å². The van der Waals surface area contributed by atoms with Gasteiger partial charge in [-0.3, -0.25) is 4.99 Å². The van der Waals surface area contributed by atoms with Gasteiger partial charge in [0.1, 0.15) is 0 Å². The Labute approximate surface area is 155 Å². The monoisotopic (exact) mass is 355 g/mol. The summed E-state index contributed by atoms with van der Waals surface area (Å²) in [5.41, 5.74) is 1.35. The topological polar surface area (TPSA) is 54.9 Å². The molecule has 1 aliphatic heterocycles. The van der Waals surface area contributed by atoms with E-state index in [1.165, 1.54) is 16.3 Å². The number of guanidine groups is 1. The zero-order valence-corrected chi connectivity index (χ0v) is 15.7. The minimum atomic E-state index is 0.194. The third-order valence-electron chi connectivity index (χ3n) is 4.64. The standard InChI is InChI=1S/C21H29N3O2/c1-16(14-26-19-11-13-25-15-19)24-21(22-2)23-12-10-18-8-5-7-17-6-3-4-9-20(17)18/h3-9,16,19H,10-15H2,1-2H3,(H2,22,23,24). The maximum atomic E-state index is 5.86. The van der Waals surface area contributed by atoms with Crippen LogP contribution in [0.5, 0.6) is 0 Å². The van der Waals surface area contributed by atoms with Crippen molar-refractivity contribution in [3.63, 3.8) is 0 Å². The molecule has 1 saturated heterocycles. The number of rotatable bonds is 7. The van der Waals surface area contributed by atoms with Crippen molar-refractivity contribution in [1.29, 1.82) is 0 Å². The van der Waals surface area contributed by atoms with Gasteiger partial charge in [0.2, 0.25) is 0 Å². The normalized spacial score (nSPS) is 18.8. The number of aliphatic imine (C=N–C) groups is 1. The predicted molar refractivity (Wildman–Crippen MR) is 107 cm³/mol. The first-order valence-corrected chi connectivity index (χ1v) is 9.39. The van der Waals surface area contributed by atoms with Crippen molar-refractivity contribution < 1.29 is 9.47 Å². The van der Waals surface area contributed by atoms with E-state index in [0.29, 0.717) is 13.2 Å². The van der Waals surface area contributed by atoms with E-state index in [9.17, 15) is 0 Å². The maximum absolute atomic E-state index is 5.86. The van der Waals surface area contributed by atoms with Gasteiger partial charge in [-0.25, -0.2) is 0 Å². The van der Waals surface area contributed by atoms with Gasteiger partial charge in [0.25, 0.3) is 0 Å². The number of hydrogen-bond acceptors (Lipinski definition) is 3. The molecule has 0 aromatic heterocycles. The van der Waals surface area contributed by atoms with Crippen molar-refractivity contribution in [3.05, 3.63) is 48.0 Å². The third-order valence-corrected chi connectivity index (χ3v) is 4.64. The first-order valence-electron chi connectivity index (χ1n) is 9.39. The highest BCUT2D eigenvalue weighted by molar-refractivity contribution is 5.85. The molecule has 3 rings (SSSR count). The lowest BCUT2D eigenvalue weighted by Crippen LogP contribution is -2.45. The first-order chi connectivity index (χ1) is 12.8. The van der Waals surface area contributed by atoms with Crippen molar-refractivity contribution in [3.8, 4) is 0 Å². The Morgan fingerprint density at radius 2 is 2.12 bits per heavy atom. The van der Waals surface area contributed by atoms with Crippen LogP contribution in [0.15, 0.2) is 47.5 Å². The van der Waals surface area contributed by atoms with Crippen LogP contribution in [0.3, 0.4) is 0 Å². The van der Waals surface area contributed by atoms with Crippen molar-refractivity contribution in [2.24, 2.45) is 4.99 Å². The van der Waals surface area contributed by atoms with E-state index in [1.54, 1.807) is 7.05 Å². The lowest BCUT2D eigenvalue weighted by atomic mass is 10.0. The Morgan fingerprint density at radius 1 is 1.27 bits per heavy atom. The molecule has 2 atom stereocenters. The van der Waals surface area contributed by atoms with E-state index in [1.807, 2.05) is 0 Å². The van der Waals surface area contributed by atoms with Gasteiger partial charge in [0, 0.05) is 26.2 Å². The first kappa shape index (κ1) is 18.7. The van der Waals surface area contributed by atoms with Crippen LogP contribution in [0.1, 0.15) is 18.9 Å². The minimum absolute atomic E-state index is 0.194. The summed E-state index contributed by atoms with van der Waals surface area (Å²) in [7, 11) is 1.80. The minimum Gasteiger partial charge on any atom is -0.379 e. The molecule has 2 N–H and O–H groups in total. The molecule has 1 fully saturated rings. The van der Waals surface area contributed by atoms with Crippen LogP contribution in [-0.4, -0.2) is 51.5 Å². The largest absolute Gasteiger partial charge is 0.379 e. The fraction of sp³-hybridized carbons (Fsp3) is 0.476. The number of fused-ring (bicyclic) bond motifs is 1. The van der Waals surface area contributed by atoms with Crippen LogP contribution in [0.2, 0.25) is 0 Å². The molecule has 2 aromatic carbocycles. The van der Waals surface area contributed by atoms with E-state index in [-0.39, 0.29) is 12.1 Å². The summed E-state index contributed by atoms with van der Waals surface area (Å²) in [6.07, 6.45) is 2.18. The predicted octanol–water partition coefficient (Wildman–Crippen LogP) is 2.74. The molecule has 2 aromatic rings. The Balaban J connectivity index is 1.44. The second-order valence-corrected chi connectivity index (χ2v) is 6.75. The Hall–Kier alpha value is -2.11. The van der Waals surface area contributed by atoms with Crippen molar-refractivity contribution in [2.75, 3.05) is 33.4 Å². The molecule has 0 saturated carbocycles. The molecular weight excluding hydrogens is 326 g/mol. The van der Waals surface area contributed by atoms with E-state index >= 15 is 0 Å². The second-order valence-electron chi connectivity index (χ2n) is 6.75. The van der Waals surface area contributed by atoms with Crippen molar-refractivity contribution >= 4 is 16.7 Å². The van der Waals surface area contributed by atoms with Crippen LogP contribution < -0.4 is 10.6 Å². The van der Waals surface area contributed by atoms with E-state index in [2.05, 4.69) is 65.0 Å². The molecule has 5 heteroatoms. The summed E-state index contributed by atoms with van der Waals surface area (Å²) in [4.78, 5) is 4.32. The summed E-state index contributed by atoms with van der Waals surface area (Å²) in [6.45, 7) is 5.11. The molecular formula is C21H29N3O2. The van der Waals surface area contributed by atoms with Crippen LogP contribution in [0.4, 0.5) is 0 Å². The van der Waals surface area contributed by atoms with Gasteiger partial charge < -0.3 is 20.1 Å². The number of nitrogens with one attached hydrogen (secondary N) is 2. The van der Waals surface area contributed by atoms with E-state index < -0.39 is 0 Å². The van der Waals surface area contributed by atoms with Crippen LogP contribution in [0, 0.1) is 0 Å². The van der Waals surface area contributed by atoms with Crippen molar-refractivity contribution in [2.45, 2.75) is 31.9 Å². The third kappa shape index (κ3) is 5.19. The average molecular weight is 355 g/mol. The van der Waals surface area contributed by atoms with Gasteiger partial charge in [0.15, 0.2) is 5.96 Å². The zero-order chi connectivity index (χ0) is 18.2. The number of benzene rings is 2. The van der Waals surface area contributed by atoms with Gasteiger partial charge in [-0.05, 0) is 36.1 Å². The fourth-order valence-corrected chi connectivity index (χ4v) is 3.22. The molecule has 1 heterocycles. The van der Waals surface area contributed by atoms with Crippen LogP contribution in [-0.2, 0) is 15.9 Å². The molecule has 5 nitrogen and oxygen atoms in total. The summed E-state index contributed by atoms with van der Waals surface area (Å²) >= 11 is 0. The second kappa shape index (κ2) is 9.55. The van der Waals surface area contributed by atoms with Gasteiger partial charge >= 0.3 is 0 Å². The average Bonchev–Trinajstić information content (AvgIpc) is 3.19. The molecule has 0 bridgehead atoms. The van der Waals surface area contributed by atoms with Gasteiger partial charge in [-0.2, -0.15) is 0 Å².